The standard InChI is InChI=1S/C7H4F3NO.C7H9NO/c8-7(9,10)6-3-11-2-1-5(6)4-12;1-6-4-8-3-2-7(6)5-9/h1-4H;2-4,9H,5H2,1H3. The van der Waals surface area contributed by atoms with Crippen LogP contribution in [-0.2, 0) is 12.8 Å². The second kappa shape index (κ2) is 7.49. The number of halogens is 3. The largest absolute Gasteiger partial charge is 0.418 e. The highest BCUT2D eigenvalue weighted by molar-refractivity contribution is 5.77. The lowest BCUT2D eigenvalue weighted by Crippen LogP contribution is -2.08. The van der Waals surface area contributed by atoms with E-state index in [1.165, 1.54) is 0 Å². The van der Waals surface area contributed by atoms with Crippen molar-refractivity contribution >= 4 is 6.29 Å². The maximum Gasteiger partial charge on any atom is 0.418 e. The van der Waals surface area contributed by atoms with Crippen LogP contribution in [0, 0.1) is 6.92 Å². The van der Waals surface area contributed by atoms with Gasteiger partial charge in [0.15, 0.2) is 6.29 Å². The van der Waals surface area contributed by atoms with E-state index in [4.69, 9.17) is 5.11 Å². The van der Waals surface area contributed by atoms with Gasteiger partial charge in [-0.3, -0.25) is 14.8 Å². The highest BCUT2D eigenvalue weighted by atomic mass is 19.4. The molecule has 7 heteroatoms. The van der Waals surface area contributed by atoms with E-state index in [0.717, 1.165) is 23.4 Å². The van der Waals surface area contributed by atoms with Gasteiger partial charge in [-0.1, -0.05) is 0 Å². The van der Waals surface area contributed by atoms with Gasteiger partial charge in [-0.25, -0.2) is 0 Å². The molecule has 0 aliphatic rings. The van der Waals surface area contributed by atoms with Crippen LogP contribution in [-0.4, -0.2) is 21.4 Å². The minimum absolute atomic E-state index is 0.106. The first-order chi connectivity index (χ1) is 9.90. The van der Waals surface area contributed by atoms with Crippen molar-refractivity contribution < 1.29 is 23.1 Å². The third kappa shape index (κ3) is 4.96. The van der Waals surface area contributed by atoms with E-state index in [1.54, 1.807) is 12.4 Å². The second-order valence-corrected chi connectivity index (χ2v) is 4.04. The summed E-state index contributed by atoms with van der Waals surface area (Å²) >= 11 is 0. The van der Waals surface area contributed by atoms with E-state index in [1.807, 2.05) is 13.0 Å². The highest BCUT2D eigenvalue weighted by Crippen LogP contribution is 2.30. The molecule has 4 nitrogen and oxygen atoms in total. The molecule has 0 spiro atoms. The summed E-state index contributed by atoms with van der Waals surface area (Å²) in [4.78, 5) is 17.3. The minimum atomic E-state index is -4.51. The number of hydrogen-bond donors (Lipinski definition) is 1. The Balaban J connectivity index is 0.000000219. The van der Waals surface area contributed by atoms with Gasteiger partial charge >= 0.3 is 6.18 Å². The Bertz CT molecular complexity index is 601. The van der Waals surface area contributed by atoms with Crippen LogP contribution in [0.1, 0.15) is 27.0 Å². The second-order valence-electron chi connectivity index (χ2n) is 4.04. The molecule has 0 saturated heterocycles. The topological polar surface area (TPSA) is 63.1 Å². The summed E-state index contributed by atoms with van der Waals surface area (Å²) in [7, 11) is 0. The SMILES string of the molecule is Cc1cnccc1CO.O=Cc1ccncc1C(F)(F)F. The molecule has 112 valence electrons. The number of aryl methyl sites for hydroxylation is 1. The molecule has 2 aromatic rings. The number of aldehydes is 1. The van der Waals surface area contributed by atoms with Crippen molar-refractivity contribution in [2.45, 2.75) is 19.7 Å². The molecule has 0 aromatic carbocycles. The average molecular weight is 298 g/mol. The number of carbonyl (C=O) groups is 1. The van der Waals surface area contributed by atoms with Gasteiger partial charge in [-0.2, -0.15) is 13.2 Å². The van der Waals surface area contributed by atoms with E-state index in [-0.39, 0.29) is 12.9 Å². The third-order valence-electron chi connectivity index (χ3n) is 2.59. The van der Waals surface area contributed by atoms with Crippen LogP contribution in [0.25, 0.3) is 0 Å². The summed E-state index contributed by atoms with van der Waals surface area (Å²) in [6.45, 7) is 2.03. The molecule has 0 atom stereocenters. The molecule has 0 bridgehead atoms. The zero-order chi connectivity index (χ0) is 15.9. The Morgan fingerprint density at radius 2 is 1.81 bits per heavy atom. The molecule has 0 aliphatic carbocycles. The van der Waals surface area contributed by atoms with Crippen molar-refractivity contribution in [3.63, 3.8) is 0 Å². The van der Waals surface area contributed by atoms with Gasteiger partial charge in [0.25, 0.3) is 0 Å². The molecule has 2 heterocycles. The number of hydrogen-bond acceptors (Lipinski definition) is 4. The lowest BCUT2D eigenvalue weighted by Gasteiger charge is -2.06. The van der Waals surface area contributed by atoms with Crippen LogP contribution < -0.4 is 0 Å². The molecule has 2 rings (SSSR count). The fourth-order valence-electron chi connectivity index (χ4n) is 1.42. The minimum Gasteiger partial charge on any atom is -0.392 e. The summed E-state index contributed by atoms with van der Waals surface area (Å²) in [6, 6.07) is 2.84. The summed E-state index contributed by atoms with van der Waals surface area (Å²) in [5, 5.41) is 8.69. The van der Waals surface area contributed by atoms with Crippen molar-refractivity contribution in [1.29, 1.82) is 0 Å². The Hall–Kier alpha value is -2.28. The number of alkyl halides is 3. The fourth-order valence-corrected chi connectivity index (χ4v) is 1.42. The van der Waals surface area contributed by atoms with Crippen molar-refractivity contribution in [3.05, 3.63) is 59.2 Å². The van der Waals surface area contributed by atoms with Gasteiger partial charge in [0.2, 0.25) is 0 Å². The highest BCUT2D eigenvalue weighted by Gasteiger charge is 2.33. The monoisotopic (exact) mass is 298 g/mol. The number of aromatic nitrogens is 2. The van der Waals surface area contributed by atoms with Gasteiger partial charge in [0, 0.05) is 30.4 Å². The van der Waals surface area contributed by atoms with Crippen molar-refractivity contribution in [2.24, 2.45) is 0 Å². The van der Waals surface area contributed by atoms with Crippen LogP contribution in [0.3, 0.4) is 0 Å². The zero-order valence-electron chi connectivity index (χ0n) is 11.1. The van der Waals surface area contributed by atoms with Crippen molar-refractivity contribution in [2.75, 3.05) is 0 Å². The lowest BCUT2D eigenvalue weighted by molar-refractivity contribution is -0.138. The van der Waals surface area contributed by atoms with Crippen molar-refractivity contribution in [3.8, 4) is 0 Å². The summed E-state index contributed by atoms with van der Waals surface area (Å²) in [5.74, 6) is 0. The molecule has 21 heavy (non-hydrogen) atoms. The molecular weight excluding hydrogens is 285 g/mol. The smallest absolute Gasteiger partial charge is 0.392 e. The van der Waals surface area contributed by atoms with E-state index < -0.39 is 17.3 Å². The lowest BCUT2D eigenvalue weighted by atomic mass is 10.1. The quantitative estimate of drug-likeness (QED) is 0.866. The Morgan fingerprint density at radius 3 is 2.24 bits per heavy atom. The maximum absolute atomic E-state index is 12.0. The molecule has 0 radical (unpaired) electrons. The number of nitrogens with zero attached hydrogens (tertiary/aromatic N) is 2. The first kappa shape index (κ1) is 16.8. The first-order valence-corrected chi connectivity index (χ1v) is 5.87. The molecule has 0 aliphatic heterocycles. The molecule has 0 fully saturated rings. The Kier molecular flexibility index (Phi) is 5.98. The van der Waals surface area contributed by atoms with Gasteiger partial charge in [-0.15, -0.1) is 0 Å². The van der Waals surface area contributed by atoms with Gasteiger partial charge in [-0.05, 0) is 30.2 Å². The van der Waals surface area contributed by atoms with Gasteiger partial charge < -0.3 is 5.11 Å². The molecule has 0 unspecified atom stereocenters. The number of carbonyl (C=O) groups excluding carboxylic acids is 1. The zero-order valence-corrected chi connectivity index (χ0v) is 11.1. The van der Waals surface area contributed by atoms with Crippen molar-refractivity contribution in [1.82, 2.24) is 9.97 Å². The van der Waals surface area contributed by atoms with E-state index in [2.05, 4.69) is 9.97 Å². The predicted octanol–water partition coefficient (Wildman–Crippen LogP) is 2.80. The number of aliphatic hydroxyl groups is 1. The van der Waals surface area contributed by atoms with E-state index >= 15 is 0 Å². The van der Waals surface area contributed by atoms with Crippen LogP contribution in [0.4, 0.5) is 13.2 Å². The number of pyridine rings is 2. The molecule has 1 N–H and O–H groups in total. The molecule has 0 amide bonds. The third-order valence-corrected chi connectivity index (χ3v) is 2.59. The van der Waals surface area contributed by atoms with Crippen LogP contribution >= 0.6 is 0 Å². The summed E-state index contributed by atoms with van der Waals surface area (Å²) in [5.41, 5.74) is 0.600. The molecular formula is C14H13F3N2O2. The predicted molar refractivity (Wildman–Crippen MR) is 69.5 cm³/mol. The van der Waals surface area contributed by atoms with Gasteiger partial charge in [0.05, 0.1) is 12.2 Å². The van der Waals surface area contributed by atoms with Gasteiger partial charge in [0.1, 0.15) is 0 Å². The Morgan fingerprint density at radius 1 is 1.19 bits per heavy atom. The Labute approximate surface area is 119 Å². The normalized spacial score (nSPS) is 10.5. The fraction of sp³-hybridized carbons (Fsp3) is 0.214. The van der Waals surface area contributed by atoms with E-state index in [0.29, 0.717) is 6.20 Å². The van der Waals surface area contributed by atoms with E-state index in [9.17, 15) is 18.0 Å². The molecule has 0 saturated carbocycles. The van der Waals surface area contributed by atoms with Crippen LogP contribution in [0.15, 0.2) is 36.9 Å². The van der Waals surface area contributed by atoms with Crippen LogP contribution in [0.2, 0.25) is 0 Å². The summed E-state index contributed by atoms with van der Waals surface area (Å²) < 4.78 is 36.1. The molecule has 2 aromatic heterocycles. The first-order valence-electron chi connectivity index (χ1n) is 5.87. The number of aliphatic hydroxyl groups excluding tert-OH is 1. The average Bonchev–Trinajstić information content (AvgIpc) is 2.47. The summed E-state index contributed by atoms with van der Waals surface area (Å²) in [6.07, 6.45) is 0.835. The maximum atomic E-state index is 12.0. The van der Waals surface area contributed by atoms with Crippen LogP contribution in [0.5, 0.6) is 0 Å². The number of rotatable bonds is 2.